The molecule has 0 aliphatic carbocycles. The monoisotopic (exact) mass is 448 g/mol. The number of sulfonamides is 1. The van der Waals surface area contributed by atoms with Crippen molar-refractivity contribution in [3.63, 3.8) is 0 Å². The van der Waals surface area contributed by atoms with Crippen LogP contribution in [0.15, 0.2) is 50.4 Å². The normalized spacial score (nSPS) is 17.1. The highest BCUT2D eigenvalue weighted by Gasteiger charge is 2.33. The van der Waals surface area contributed by atoms with Crippen molar-refractivity contribution in [2.75, 3.05) is 20.2 Å². The van der Waals surface area contributed by atoms with Crippen LogP contribution in [-0.2, 0) is 14.8 Å². The number of hydrogen-bond acceptors (Lipinski definition) is 6. The number of thiophene rings is 1. The smallest absolute Gasteiger partial charge is 0.252 e. The number of nitrogens with zero attached hydrogens (tertiary/aromatic N) is 1. The Hall–Kier alpha value is -2.36. The molecule has 1 saturated heterocycles. The molecule has 0 spiro atoms. The zero-order chi connectivity index (χ0) is 21.3. The van der Waals surface area contributed by atoms with E-state index < -0.39 is 10.0 Å². The quantitative estimate of drug-likeness (QED) is 0.620. The van der Waals surface area contributed by atoms with Crippen LogP contribution in [0.25, 0.3) is 11.0 Å². The van der Waals surface area contributed by atoms with Crippen molar-refractivity contribution in [2.24, 2.45) is 5.92 Å². The predicted molar refractivity (Wildman–Crippen MR) is 115 cm³/mol. The zero-order valence-electron chi connectivity index (χ0n) is 16.8. The van der Waals surface area contributed by atoms with Crippen LogP contribution in [0, 0.1) is 5.92 Å². The molecule has 160 valence electrons. The van der Waals surface area contributed by atoms with Crippen molar-refractivity contribution >= 4 is 38.2 Å². The maximum Gasteiger partial charge on any atom is 0.252 e. The summed E-state index contributed by atoms with van der Waals surface area (Å²) in [4.78, 5) is 12.8. The fourth-order valence-corrected chi connectivity index (χ4v) is 6.34. The average molecular weight is 449 g/mol. The molecule has 9 heteroatoms. The summed E-state index contributed by atoms with van der Waals surface area (Å²) in [5, 5.41) is 5.67. The molecule has 1 aliphatic rings. The molecule has 4 rings (SSSR count). The number of piperidine rings is 1. The maximum atomic E-state index is 12.8. The lowest BCUT2D eigenvalue weighted by atomic mass is 9.97. The van der Waals surface area contributed by atoms with Gasteiger partial charge in [0.2, 0.25) is 5.91 Å². The highest BCUT2D eigenvalue weighted by atomic mass is 32.2. The standard InChI is InChI=1S/C21H24N2O5S2/c1-14(18-13-16-5-3-6-17(27-2)20(16)28-18)22-21(24)15-8-10-23(11-9-15)30(25,26)19-7-4-12-29-19/h3-7,12-15H,8-11H2,1-2H3,(H,22,24). The Morgan fingerprint density at radius 1 is 1.27 bits per heavy atom. The number of nitrogens with one attached hydrogen (secondary N) is 1. The molecule has 7 nitrogen and oxygen atoms in total. The lowest BCUT2D eigenvalue weighted by Gasteiger charge is -2.30. The maximum absolute atomic E-state index is 12.8. The molecule has 1 fully saturated rings. The van der Waals surface area contributed by atoms with Crippen LogP contribution < -0.4 is 10.1 Å². The zero-order valence-corrected chi connectivity index (χ0v) is 18.5. The van der Waals surface area contributed by atoms with E-state index in [-0.39, 0.29) is 17.9 Å². The van der Waals surface area contributed by atoms with Gasteiger partial charge in [-0.2, -0.15) is 4.31 Å². The first-order valence-electron chi connectivity index (χ1n) is 9.80. The van der Waals surface area contributed by atoms with Gasteiger partial charge in [0.1, 0.15) is 9.97 Å². The van der Waals surface area contributed by atoms with Gasteiger partial charge < -0.3 is 14.5 Å². The van der Waals surface area contributed by atoms with Crippen molar-refractivity contribution < 1.29 is 22.4 Å². The summed E-state index contributed by atoms with van der Waals surface area (Å²) < 4.78 is 38.3. The number of carbonyl (C=O) groups is 1. The minimum Gasteiger partial charge on any atom is -0.493 e. The SMILES string of the molecule is COc1cccc2cc(C(C)NC(=O)C3CCN(S(=O)(=O)c4cccs4)CC3)oc12. The molecule has 1 atom stereocenters. The van der Waals surface area contributed by atoms with Gasteiger partial charge in [-0.3, -0.25) is 4.79 Å². The van der Waals surface area contributed by atoms with E-state index in [1.54, 1.807) is 24.6 Å². The third-order valence-corrected chi connectivity index (χ3v) is 8.72. The predicted octanol–water partition coefficient (Wildman–Crippen LogP) is 3.78. The molecule has 0 radical (unpaired) electrons. The fourth-order valence-electron chi connectivity index (χ4n) is 3.73. The van der Waals surface area contributed by atoms with E-state index in [4.69, 9.17) is 9.15 Å². The first-order chi connectivity index (χ1) is 14.4. The number of carbonyl (C=O) groups excluding carboxylic acids is 1. The molecule has 1 unspecified atom stereocenters. The molecule has 0 bridgehead atoms. The van der Waals surface area contributed by atoms with E-state index in [1.807, 2.05) is 31.2 Å². The number of hydrogen-bond donors (Lipinski definition) is 1. The largest absolute Gasteiger partial charge is 0.493 e. The number of benzene rings is 1. The molecule has 3 heterocycles. The Kier molecular flexibility index (Phi) is 5.86. The number of furan rings is 1. The molecular formula is C21H24N2O5S2. The highest BCUT2D eigenvalue weighted by molar-refractivity contribution is 7.91. The molecule has 0 saturated carbocycles. The van der Waals surface area contributed by atoms with Crippen LogP contribution in [0.2, 0.25) is 0 Å². The van der Waals surface area contributed by atoms with E-state index in [0.717, 1.165) is 5.39 Å². The van der Waals surface area contributed by atoms with Gasteiger partial charge in [0.25, 0.3) is 10.0 Å². The number of para-hydroxylation sites is 1. The Morgan fingerprint density at radius 3 is 2.70 bits per heavy atom. The number of fused-ring (bicyclic) bond motifs is 1. The third kappa shape index (κ3) is 3.97. The van der Waals surface area contributed by atoms with Gasteiger partial charge in [-0.15, -0.1) is 11.3 Å². The number of ether oxygens (including phenoxy) is 1. The van der Waals surface area contributed by atoms with Crippen LogP contribution in [-0.4, -0.2) is 38.8 Å². The first-order valence-corrected chi connectivity index (χ1v) is 12.1. The van der Waals surface area contributed by atoms with Crippen LogP contribution in [0.4, 0.5) is 0 Å². The molecule has 1 N–H and O–H groups in total. The van der Waals surface area contributed by atoms with E-state index in [0.29, 0.717) is 47.2 Å². The van der Waals surface area contributed by atoms with Gasteiger partial charge in [0.05, 0.1) is 13.2 Å². The average Bonchev–Trinajstić information content (AvgIpc) is 3.43. The van der Waals surface area contributed by atoms with E-state index in [9.17, 15) is 13.2 Å². The van der Waals surface area contributed by atoms with Gasteiger partial charge >= 0.3 is 0 Å². The second kappa shape index (κ2) is 8.41. The third-order valence-electron chi connectivity index (χ3n) is 5.45. The Morgan fingerprint density at radius 2 is 2.03 bits per heavy atom. The summed E-state index contributed by atoms with van der Waals surface area (Å²) in [5.74, 6) is 1.00. The molecule has 2 aromatic heterocycles. The molecule has 3 aromatic rings. The van der Waals surface area contributed by atoms with Crippen molar-refractivity contribution in [3.05, 3.63) is 47.5 Å². The summed E-state index contributed by atoms with van der Waals surface area (Å²) in [6.07, 6.45) is 0.994. The van der Waals surface area contributed by atoms with Crippen LogP contribution in [0.1, 0.15) is 31.6 Å². The second-order valence-corrected chi connectivity index (χ2v) is 10.5. The Balaban J connectivity index is 1.38. The van der Waals surface area contributed by atoms with Crippen molar-refractivity contribution in [1.82, 2.24) is 9.62 Å². The summed E-state index contributed by atoms with van der Waals surface area (Å²) >= 11 is 1.21. The lowest BCUT2D eigenvalue weighted by molar-refractivity contribution is -0.126. The molecule has 30 heavy (non-hydrogen) atoms. The van der Waals surface area contributed by atoms with Crippen LogP contribution in [0.3, 0.4) is 0 Å². The van der Waals surface area contributed by atoms with Gasteiger partial charge in [-0.25, -0.2) is 8.42 Å². The molecular weight excluding hydrogens is 424 g/mol. The highest BCUT2D eigenvalue weighted by Crippen LogP contribution is 2.31. The van der Waals surface area contributed by atoms with Crippen molar-refractivity contribution in [2.45, 2.75) is 30.0 Å². The van der Waals surface area contributed by atoms with Crippen molar-refractivity contribution in [3.8, 4) is 5.75 Å². The second-order valence-electron chi connectivity index (χ2n) is 7.37. The lowest BCUT2D eigenvalue weighted by Crippen LogP contribution is -2.43. The van der Waals surface area contributed by atoms with E-state index in [2.05, 4.69) is 5.32 Å². The van der Waals surface area contributed by atoms with Crippen molar-refractivity contribution in [1.29, 1.82) is 0 Å². The minimum absolute atomic E-state index is 0.0805. The van der Waals surface area contributed by atoms with Crippen LogP contribution >= 0.6 is 11.3 Å². The molecule has 1 aliphatic heterocycles. The number of amides is 1. The number of methoxy groups -OCH3 is 1. The van der Waals surface area contributed by atoms with Gasteiger partial charge in [0, 0.05) is 24.4 Å². The van der Waals surface area contributed by atoms with E-state index in [1.165, 1.54) is 15.6 Å². The Bertz CT molecular complexity index is 1130. The van der Waals surface area contributed by atoms with Gasteiger partial charge in [-0.05, 0) is 43.3 Å². The minimum atomic E-state index is -3.46. The first kappa shape index (κ1) is 20.9. The summed E-state index contributed by atoms with van der Waals surface area (Å²) in [6.45, 7) is 2.56. The topological polar surface area (TPSA) is 88.9 Å². The van der Waals surface area contributed by atoms with E-state index >= 15 is 0 Å². The van der Waals surface area contributed by atoms with Crippen LogP contribution in [0.5, 0.6) is 5.75 Å². The number of rotatable bonds is 6. The summed E-state index contributed by atoms with van der Waals surface area (Å²) in [7, 11) is -1.87. The summed E-state index contributed by atoms with van der Waals surface area (Å²) in [6, 6.07) is 10.6. The molecule has 1 amide bonds. The molecule has 1 aromatic carbocycles. The Labute approximate surface area is 179 Å². The van der Waals surface area contributed by atoms with Gasteiger partial charge in [0.15, 0.2) is 11.3 Å². The summed E-state index contributed by atoms with van der Waals surface area (Å²) in [5.41, 5.74) is 0.656. The fraction of sp³-hybridized carbons (Fsp3) is 0.381. The van der Waals surface area contributed by atoms with Gasteiger partial charge in [-0.1, -0.05) is 18.2 Å².